The number of carbonyl (C=O) groups is 1. The minimum absolute atomic E-state index is 0.0163. The predicted octanol–water partition coefficient (Wildman–Crippen LogP) is -0.984. The zero-order valence-corrected chi connectivity index (χ0v) is 10.5. The van der Waals surface area contributed by atoms with Crippen molar-refractivity contribution in [1.29, 1.82) is 0 Å². The van der Waals surface area contributed by atoms with E-state index in [4.69, 9.17) is 10.9 Å². The third-order valence-electron chi connectivity index (χ3n) is 2.76. The molecule has 7 nitrogen and oxygen atoms in total. The van der Waals surface area contributed by atoms with Gasteiger partial charge in [-0.05, 0) is 13.3 Å². The third-order valence-corrected chi connectivity index (χ3v) is 4.52. The summed E-state index contributed by atoms with van der Waals surface area (Å²) in [7, 11) is -3.07. The molecule has 1 rings (SSSR count). The van der Waals surface area contributed by atoms with Crippen LogP contribution in [0.15, 0.2) is 5.16 Å². The number of nitrogens with two attached hydrogens (primary N) is 1. The SMILES string of the molecule is CCN(CC(N)=NO)C(=O)C1CCS(=O)(=O)C1. The summed E-state index contributed by atoms with van der Waals surface area (Å²) < 4.78 is 22.6. The molecule has 1 fully saturated rings. The lowest BCUT2D eigenvalue weighted by Crippen LogP contribution is -2.42. The fourth-order valence-electron chi connectivity index (χ4n) is 1.82. The van der Waals surface area contributed by atoms with E-state index in [0.717, 1.165) is 0 Å². The largest absolute Gasteiger partial charge is 0.409 e. The molecule has 0 radical (unpaired) electrons. The zero-order valence-electron chi connectivity index (χ0n) is 9.66. The summed E-state index contributed by atoms with van der Waals surface area (Å²) in [6.07, 6.45) is 0.355. The van der Waals surface area contributed by atoms with E-state index in [-0.39, 0.29) is 29.8 Å². The van der Waals surface area contributed by atoms with Gasteiger partial charge in [-0.25, -0.2) is 8.42 Å². The van der Waals surface area contributed by atoms with Gasteiger partial charge >= 0.3 is 0 Å². The molecule has 0 bridgehead atoms. The highest BCUT2D eigenvalue weighted by molar-refractivity contribution is 7.91. The fourth-order valence-corrected chi connectivity index (χ4v) is 3.55. The van der Waals surface area contributed by atoms with Crippen molar-refractivity contribution in [3.63, 3.8) is 0 Å². The van der Waals surface area contributed by atoms with E-state index in [1.165, 1.54) is 4.90 Å². The van der Waals surface area contributed by atoms with Crippen LogP contribution in [-0.2, 0) is 14.6 Å². The van der Waals surface area contributed by atoms with Crippen LogP contribution in [0.3, 0.4) is 0 Å². The van der Waals surface area contributed by atoms with E-state index in [2.05, 4.69) is 5.16 Å². The van der Waals surface area contributed by atoms with Crippen LogP contribution in [0.25, 0.3) is 0 Å². The second-order valence-electron chi connectivity index (χ2n) is 4.04. The molecule has 1 amide bonds. The lowest BCUT2D eigenvalue weighted by atomic mass is 10.1. The van der Waals surface area contributed by atoms with Crippen LogP contribution < -0.4 is 5.73 Å². The van der Waals surface area contributed by atoms with Crippen molar-refractivity contribution in [2.24, 2.45) is 16.8 Å². The van der Waals surface area contributed by atoms with E-state index < -0.39 is 15.8 Å². The van der Waals surface area contributed by atoms with Crippen molar-refractivity contribution in [3.05, 3.63) is 0 Å². The number of amidine groups is 1. The van der Waals surface area contributed by atoms with Crippen LogP contribution in [0.2, 0.25) is 0 Å². The standard InChI is InChI=1S/C9H17N3O4S/c1-2-12(5-8(10)11-14)9(13)7-3-4-17(15,16)6-7/h7,14H,2-6H2,1H3,(H2,10,11). The van der Waals surface area contributed by atoms with E-state index in [1.807, 2.05) is 0 Å². The first-order valence-corrected chi connectivity index (χ1v) is 7.17. The quantitative estimate of drug-likeness (QED) is 0.293. The average Bonchev–Trinajstić information content (AvgIpc) is 2.65. The van der Waals surface area contributed by atoms with Gasteiger partial charge in [0.2, 0.25) is 5.91 Å². The van der Waals surface area contributed by atoms with Crippen molar-refractivity contribution in [3.8, 4) is 0 Å². The molecular formula is C9H17N3O4S. The maximum atomic E-state index is 12.0. The minimum atomic E-state index is -3.07. The molecule has 0 saturated carbocycles. The molecule has 1 saturated heterocycles. The number of amides is 1. The average molecular weight is 263 g/mol. The van der Waals surface area contributed by atoms with Gasteiger partial charge in [0.25, 0.3) is 0 Å². The Morgan fingerprint density at radius 1 is 1.59 bits per heavy atom. The number of hydrogen-bond donors (Lipinski definition) is 2. The molecule has 0 aromatic heterocycles. The number of oxime groups is 1. The smallest absolute Gasteiger partial charge is 0.227 e. The van der Waals surface area contributed by atoms with E-state index in [1.54, 1.807) is 6.92 Å². The van der Waals surface area contributed by atoms with Gasteiger partial charge in [0.15, 0.2) is 15.7 Å². The van der Waals surface area contributed by atoms with Gasteiger partial charge in [0.1, 0.15) is 0 Å². The normalized spacial score (nSPS) is 23.6. The van der Waals surface area contributed by atoms with Gasteiger partial charge in [-0.1, -0.05) is 5.16 Å². The summed E-state index contributed by atoms with van der Waals surface area (Å²) in [5.74, 6) is -0.851. The van der Waals surface area contributed by atoms with E-state index in [0.29, 0.717) is 13.0 Å². The number of likely N-dealkylation sites (N-methyl/N-ethyl adjacent to an activating group) is 1. The summed E-state index contributed by atoms with van der Waals surface area (Å²) in [5.41, 5.74) is 5.33. The summed E-state index contributed by atoms with van der Waals surface area (Å²) >= 11 is 0. The molecular weight excluding hydrogens is 246 g/mol. The maximum Gasteiger partial charge on any atom is 0.227 e. The number of nitrogens with zero attached hydrogens (tertiary/aromatic N) is 2. The van der Waals surface area contributed by atoms with E-state index in [9.17, 15) is 13.2 Å². The minimum Gasteiger partial charge on any atom is -0.409 e. The van der Waals surface area contributed by atoms with Crippen LogP contribution in [0, 0.1) is 5.92 Å². The fraction of sp³-hybridized carbons (Fsp3) is 0.778. The molecule has 8 heteroatoms. The molecule has 1 atom stereocenters. The van der Waals surface area contributed by atoms with Crippen molar-refractivity contribution in [2.75, 3.05) is 24.6 Å². The van der Waals surface area contributed by atoms with Crippen molar-refractivity contribution >= 4 is 21.6 Å². The molecule has 1 aliphatic rings. The van der Waals surface area contributed by atoms with E-state index >= 15 is 0 Å². The van der Waals surface area contributed by atoms with Gasteiger partial charge in [0.05, 0.1) is 24.0 Å². The van der Waals surface area contributed by atoms with Crippen LogP contribution in [0.4, 0.5) is 0 Å². The number of carbonyl (C=O) groups excluding carboxylic acids is 1. The Kier molecular flexibility index (Phi) is 4.33. The van der Waals surface area contributed by atoms with Crippen LogP contribution in [0.1, 0.15) is 13.3 Å². The molecule has 1 unspecified atom stereocenters. The van der Waals surface area contributed by atoms with Crippen molar-refractivity contribution < 1.29 is 18.4 Å². The monoisotopic (exact) mass is 263 g/mol. The molecule has 0 spiro atoms. The van der Waals surface area contributed by atoms with Gasteiger partial charge < -0.3 is 15.8 Å². The summed E-state index contributed by atoms with van der Waals surface area (Å²) in [6.45, 7) is 2.17. The Morgan fingerprint density at radius 3 is 2.65 bits per heavy atom. The first-order valence-electron chi connectivity index (χ1n) is 5.35. The summed E-state index contributed by atoms with van der Waals surface area (Å²) in [6, 6.07) is 0. The molecule has 17 heavy (non-hydrogen) atoms. The number of rotatable bonds is 4. The van der Waals surface area contributed by atoms with Crippen LogP contribution in [0.5, 0.6) is 0 Å². The molecule has 0 aromatic carbocycles. The Bertz CT molecular complexity index is 418. The maximum absolute atomic E-state index is 12.0. The second-order valence-corrected chi connectivity index (χ2v) is 6.27. The number of hydrogen-bond acceptors (Lipinski definition) is 5. The highest BCUT2D eigenvalue weighted by Crippen LogP contribution is 2.20. The van der Waals surface area contributed by atoms with Gasteiger partial charge in [-0.2, -0.15) is 0 Å². The Balaban J connectivity index is 2.68. The Hall–Kier alpha value is -1.31. The third kappa shape index (κ3) is 3.58. The van der Waals surface area contributed by atoms with Gasteiger partial charge in [0, 0.05) is 6.54 Å². The zero-order chi connectivity index (χ0) is 13.1. The first-order chi connectivity index (χ1) is 7.89. The van der Waals surface area contributed by atoms with Crippen LogP contribution >= 0.6 is 0 Å². The Morgan fingerprint density at radius 2 is 2.24 bits per heavy atom. The second kappa shape index (κ2) is 5.35. The highest BCUT2D eigenvalue weighted by Gasteiger charge is 2.35. The summed E-state index contributed by atoms with van der Waals surface area (Å²) in [5, 5.41) is 11.2. The topological polar surface area (TPSA) is 113 Å². The van der Waals surface area contributed by atoms with Crippen molar-refractivity contribution in [1.82, 2.24) is 4.90 Å². The lowest BCUT2D eigenvalue weighted by molar-refractivity contribution is -0.133. The molecule has 0 aliphatic carbocycles. The predicted molar refractivity (Wildman–Crippen MR) is 62.4 cm³/mol. The first kappa shape index (κ1) is 13.8. The number of sulfone groups is 1. The summed E-state index contributed by atoms with van der Waals surface area (Å²) in [4.78, 5) is 13.4. The highest BCUT2D eigenvalue weighted by atomic mass is 32.2. The molecule has 3 N–H and O–H groups in total. The molecule has 0 aromatic rings. The van der Waals surface area contributed by atoms with Crippen LogP contribution in [-0.4, -0.2) is 54.9 Å². The molecule has 98 valence electrons. The Labute approximate surface area is 100 Å². The van der Waals surface area contributed by atoms with Gasteiger partial charge in [-0.3, -0.25) is 4.79 Å². The molecule has 1 heterocycles. The van der Waals surface area contributed by atoms with Gasteiger partial charge in [-0.15, -0.1) is 0 Å². The lowest BCUT2D eigenvalue weighted by Gasteiger charge is -2.22. The van der Waals surface area contributed by atoms with Crippen molar-refractivity contribution in [2.45, 2.75) is 13.3 Å². The molecule has 1 aliphatic heterocycles.